The van der Waals surface area contributed by atoms with Gasteiger partial charge in [0.15, 0.2) is 0 Å². The molecule has 0 aliphatic carbocycles. The monoisotopic (exact) mass is 220 g/mol. The van der Waals surface area contributed by atoms with Crippen LogP contribution in [-0.4, -0.2) is 14.0 Å². The van der Waals surface area contributed by atoms with Gasteiger partial charge in [0.05, 0.1) is 0 Å². The smallest absolute Gasteiger partial charge is 0.202 e. The van der Waals surface area contributed by atoms with Gasteiger partial charge in [-0.3, -0.25) is 0 Å². The summed E-state index contributed by atoms with van der Waals surface area (Å²) in [5, 5.41) is 0. The maximum Gasteiger partial charge on any atom is 0.266 e. The molecular weight excluding hydrogens is 198 g/mol. The van der Waals surface area contributed by atoms with E-state index in [4.69, 9.17) is 0 Å². The van der Waals surface area contributed by atoms with E-state index in [0.29, 0.717) is 12.8 Å². The molecule has 84 valence electrons. The van der Waals surface area contributed by atoms with Crippen LogP contribution in [0.5, 0.6) is 0 Å². The third-order valence-electron chi connectivity index (χ3n) is 2.03. The van der Waals surface area contributed by atoms with Crippen molar-refractivity contribution >= 4 is 8.07 Å². The molecule has 0 N–H and O–H groups in total. The first-order chi connectivity index (χ1) is 6.27. The van der Waals surface area contributed by atoms with Gasteiger partial charge in [-0.1, -0.05) is 38.7 Å². The minimum atomic E-state index is -2.59. The van der Waals surface area contributed by atoms with Gasteiger partial charge in [0.1, 0.15) is 0 Å². The fourth-order valence-electron chi connectivity index (χ4n) is 1.23. The van der Waals surface area contributed by atoms with Crippen molar-refractivity contribution < 1.29 is 8.78 Å². The first kappa shape index (κ1) is 13.8. The molecule has 3 heteroatoms. The number of allylic oxidation sites excluding steroid dienone is 2. The summed E-state index contributed by atoms with van der Waals surface area (Å²) in [6.07, 6.45) is 3.94. The predicted molar refractivity (Wildman–Crippen MR) is 61.8 cm³/mol. The summed E-state index contributed by atoms with van der Waals surface area (Å²) in [7, 11) is -1.15. The molecule has 14 heavy (non-hydrogen) atoms. The molecule has 0 rings (SSSR count). The second-order valence-electron chi connectivity index (χ2n) is 4.99. The van der Waals surface area contributed by atoms with Gasteiger partial charge in [0.2, 0.25) is 0 Å². The van der Waals surface area contributed by atoms with Gasteiger partial charge >= 0.3 is 0 Å². The van der Waals surface area contributed by atoms with E-state index in [1.54, 1.807) is 6.08 Å². The normalized spacial score (nSPS) is 13.9. The van der Waals surface area contributed by atoms with Gasteiger partial charge in [0.25, 0.3) is 5.92 Å². The highest BCUT2D eigenvalue weighted by molar-refractivity contribution is 6.76. The molecule has 0 atom stereocenters. The summed E-state index contributed by atoms with van der Waals surface area (Å²) in [5.41, 5.74) is 0. The van der Waals surface area contributed by atoms with Gasteiger partial charge in [-0.15, -0.1) is 0 Å². The standard InChI is InChI=1S/C11H22F2Si/c1-5-6-8-11(12,13)9-7-10-14(2,3)4/h6,8H,5,7,9-10H2,1-4H3. The molecule has 0 saturated heterocycles. The summed E-state index contributed by atoms with van der Waals surface area (Å²) >= 11 is 0. The molecule has 0 aromatic rings. The largest absolute Gasteiger partial charge is 0.266 e. The SMILES string of the molecule is CCC=CC(F)(F)CCC[Si](C)(C)C. The fourth-order valence-corrected chi connectivity index (χ4v) is 2.47. The molecule has 0 nitrogen and oxygen atoms in total. The Hall–Kier alpha value is -0.183. The van der Waals surface area contributed by atoms with Crippen molar-refractivity contribution in [2.24, 2.45) is 0 Å². The third kappa shape index (κ3) is 8.42. The number of hydrogen-bond acceptors (Lipinski definition) is 0. The predicted octanol–water partition coefficient (Wildman–Crippen LogP) is 4.71. The van der Waals surface area contributed by atoms with Crippen molar-refractivity contribution in [3.63, 3.8) is 0 Å². The zero-order chi connectivity index (χ0) is 11.2. The molecule has 0 unspecified atom stereocenters. The molecule has 0 aliphatic rings. The molecule has 0 saturated carbocycles. The second-order valence-corrected chi connectivity index (χ2v) is 10.6. The molecule has 0 aliphatic heterocycles. The van der Waals surface area contributed by atoms with E-state index in [2.05, 4.69) is 19.6 Å². The van der Waals surface area contributed by atoms with E-state index >= 15 is 0 Å². The number of alkyl halides is 2. The molecule has 0 spiro atoms. The van der Waals surface area contributed by atoms with Gasteiger partial charge in [-0.25, -0.2) is 8.78 Å². The Morgan fingerprint density at radius 1 is 1.21 bits per heavy atom. The second kappa shape index (κ2) is 5.64. The Kier molecular flexibility index (Phi) is 5.56. The van der Waals surface area contributed by atoms with E-state index in [1.807, 2.05) is 6.92 Å². The van der Waals surface area contributed by atoms with Gasteiger partial charge in [-0.2, -0.15) is 0 Å². The van der Waals surface area contributed by atoms with Crippen LogP contribution in [0.1, 0.15) is 26.2 Å². The molecule has 0 radical (unpaired) electrons. The lowest BCUT2D eigenvalue weighted by Gasteiger charge is -2.17. The number of hydrogen-bond donors (Lipinski definition) is 0. The first-order valence-electron chi connectivity index (χ1n) is 5.32. The lowest BCUT2D eigenvalue weighted by molar-refractivity contribution is 0.0445. The molecule has 0 aromatic heterocycles. The lowest BCUT2D eigenvalue weighted by Crippen LogP contribution is -2.21. The van der Waals surface area contributed by atoms with Crippen LogP contribution in [0.3, 0.4) is 0 Å². The number of rotatable bonds is 6. The van der Waals surface area contributed by atoms with E-state index in [-0.39, 0.29) is 6.42 Å². The molecule has 0 heterocycles. The minimum absolute atomic E-state index is 0.00771. The van der Waals surface area contributed by atoms with E-state index in [9.17, 15) is 8.78 Å². The van der Waals surface area contributed by atoms with Crippen molar-refractivity contribution in [2.75, 3.05) is 0 Å². The van der Waals surface area contributed by atoms with Crippen molar-refractivity contribution in [1.29, 1.82) is 0 Å². The minimum Gasteiger partial charge on any atom is -0.202 e. The molecule has 0 fully saturated rings. The highest BCUT2D eigenvalue weighted by atomic mass is 28.3. The van der Waals surface area contributed by atoms with E-state index < -0.39 is 14.0 Å². The van der Waals surface area contributed by atoms with Crippen molar-refractivity contribution in [1.82, 2.24) is 0 Å². The summed E-state index contributed by atoms with van der Waals surface area (Å²) in [6, 6.07) is 0.989. The van der Waals surface area contributed by atoms with Crippen LogP contribution in [0.15, 0.2) is 12.2 Å². The topological polar surface area (TPSA) is 0 Å². The quantitative estimate of drug-likeness (QED) is 0.449. The fraction of sp³-hybridized carbons (Fsp3) is 0.818. The average molecular weight is 220 g/mol. The van der Waals surface area contributed by atoms with Crippen molar-refractivity contribution in [2.45, 2.75) is 57.8 Å². The van der Waals surface area contributed by atoms with Crippen LogP contribution in [0.25, 0.3) is 0 Å². The van der Waals surface area contributed by atoms with Gasteiger partial charge < -0.3 is 0 Å². The summed E-state index contributed by atoms with van der Waals surface area (Å²) in [4.78, 5) is 0. The van der Waals surface area contributed by atoms with Crippen LogP contribution in [0, 0.1) is 0 Å². The zero-order valence-corrected chi connectivity index (χ0v) is 10.7. The molecule has 0 aromatic carbocycles. The molecular formula is C11H22F2Si. The summed E-state index contributed by atoms with van der Waals surface area (Å²) in [6.45, 7) is 8.52. The van der Waals surface area contributed by atoms with Crippen molar-refractivity contribution in [3.05, 3.63) is 12.2 Å². The molecule has 0 bridgehead atoms. The summed E-state index contributed by atoms with van der Waals surface area (Å²) < 4.78 is 26.2. The van der Waals surface area contributed by atoms with Crippen LogP contribution in [0.4, 0.5) is 8.78 Å². The maximum absolute atomic E-state index is 13.1. The Labute approximate surface area is 87.4 Å². The van der Waals surface area contributed by atoms with Gasteiger partial charge in [0, 0.05) is 14.5 Å². The zero-order valence-electron chi connectivity index (χ0n) is 9.74. The number of halogens is 2. The highest BCUT2D eigenvalue weighted by Crippen LogP contribution is 2.25. The lowest BCUT2D eigenvalue weighted by atomic mass is 10.2. The van der Waals surface area contributed by atoms with Gasteiger partial charge in [-0.05, 0) is 18.9 Å². The van der Waals surface area contributed by atoms with Crippen LogP contribution < -0.4 is 0 Å². The van der Waals surface area contributed by atoms with Crippen LogP contribution >= 0.6 is 0 Å². The highest BCUT2D eigenvalue weighted by Gasteiger charge is 2.25. The van der Waals surface area contributed by atoms with Crippen LogP contribution in [-0.2, 0) is 0 Å². The Morgan fingerprint density at radius 2 is 1.79 bits per heavy atom. The Balaban J connectivity index is 3.82. The average Bonchev–Trinajstić information content (AvgIpc) is 1.98. The molecule has 0 amide bonds. The first-order valence-corrected chi connectivity index (χ1v) is 9.03. The van der Waals surface area contributed by atoms with E-state index in [1.165, 1.54) is 0 Å². The summed E-state index contributed by atoms with van der Waals surface area (Å²) in [5.74, 6) is -2.59. The Morgan fingerprint density at radius 3 is 2.21 bits per heavy atom. The van der Waals surface area contributed by atoms with Crippen molar-refractivity contribution in [3.8, 4) is 0 Å². The maximum atomic E-state index is 13.1. The third-order valence-corrected chi connectivity index (χ3v) is 3.89. The van der Waals surface area contributed by atoms with Crippen LogP contribution in [0.2, 0.25) is 25.7 Å². The Bertz CT molecular complexity index is 180. The van der Waals surface area contributed by atoms with E-state index in [0.717, 1.165) is 12.1 Å².